The van der Waals surface area contributed by atoms with E-state index < -0.39 is 5.41 Å². The Hall–Kier alpha value is -14.5. The summed E-state index contributed by atoms with van der Waals surface area (Å²) in [5, 5.41) is 15.5. The average molecular weight is 1520 g/mol. The highest BCUT2D eigenvalue weighted by Crippen LogP contribution is 2.65. The lowest BCUT2D eigenvalue weighted by Crippen LogP contribution is -2.26. The Morgan fingerprint density at radius 1 is 0.179 bits per heavy atom. The van der Waals surface area contributed by atoms with Gasteiger partial charge in [-0.25, -0.2) is 0 Å². The van der Waals surface area contributed by atoms with Gasteiger partial charge in [0.1, 0.15) is 0 Å². The van der Waals surface area contributed by atoms with Gasteiger partial charge >= 0.3 is 0 Å². The molecule has 2 aliphatic carbocycles. The molecule has 0 atom stereocenters. The number of anilines is 6. The summed E-state index contributed by atoms with van der Waals surface area (Å²) in [6.45, 7) is 0. The number of hydrogen-bond acceptors (Lipinski definition) is 4. The maximum atomic E-state index is 2.49. The first kappa shape index (κ1) is 68.1. The summed E-state index contributed by atoms with van der Waals surface area (Å²) in [5.41, 5.74) is 29.0. The predicted octanol–water partition coefficient (Wildman–Crippen LogP) is 32.3. The Bertz CT molecular complexity index is 7640. The summed E-state index contributed by atoms with van der Waals surface area (Å²) in [6.07, 6.45) is 0. The van der Waals surface area contributed by atoms with Gasteiger partial charge in [0, 0.05) is 74.3 Å². The second-order valence-electron chi connectivity index (χ2n) is 30.9. The van der Waals surface area contributed by atoms with Crippen molar-refractivity contribution in [1.29, 1.82) is 0 Å². The first-order valence-electron chi connectivity index (χ1n) is 40.2. The van der Waals surface area contributed by atoms with Crippen LogP contribution in [0.5, 0.6) is 0 Å². The third kappa shape index (κ3) is 11.3. The molecule has 0 amide bonds. The van der Waals surface area contributed by atoms with Crippen LogP contribution >= 0.6 is 22.7 Å². The highest BCUT2D eigenvalue weighted by Gasteiger charge is 2.52. The standard InChI is InChI=1S/C63H39NS.C50H33NS/c1-2-14-47-41(13-1)27-28-44-39-43(33-38-48(44)47)40-29-34-45(35-30-40)64(46-36-31-42(32-37-46)49-19-11-20-53-52-17-6-10-26-60(52)65-62(49)53)59-25-12-24-58-61(59)54-18-5-9-23-57(54)63(58)55-21-7-3-15-50(55)51-16-4-8-22-56(51)63;1-2-10-34(11-3-1)35-22-27-41(28-23-35)51(42-29-24-37(25-30-42)46-17-9-18-48-47-16-6-7-19-49(47)52-50(46)48)43-14-8-13-38(33-43)39-26-31-45-40(32-39)21-20-36-12-4-5-15-44(36)45/h1-39H;1-33H. The number of fused-ring (bicyclic) bond motifs is 22. The summed E-state index contributed by atoms with van der Waals surface area (Å²) in [4.78, 5) is 4.86. The van der Waals surface area contributed by atoms with E-state index >= 15 is 0 Å². The van der Waals surface area contributed by atoms with Crippen LogP contribution < -0.4 is 9.80 Å². The molecule has 0 fully saturated rings. The van der Waals surface area contributed by atoms with Crippen LogP contribution in [0.3, 0.4) is 0 Å². The van der Waals surface area contributed by atoms with Crippen molar-refractivity contribution >= 4 is 140 Å². The van der Waals surface area contributed by atoms with Crippen LogP contribution in [0.2, 0.25) is 0 Å². The fourth-order valence-electron chi connectivity index (χ4n) is 19.2. The normalized spacial score (nSPS) is 12.3. The van der Waals surface area contributed by atoms with E-state index in [1.807, 2.05) is 22.7 Å². The number of rotatable bonds is 11. The number of hydrogen-bond donors (Lipinski definition) is 0. The molecule has 546 valence electrons. The lowest BCUT2D eigenvalue weighted by Gasteiger charge is -2.32. The van der Waals surface area contributed by atoms with Crippen LogP contribution in [0.25, 0.3) is 161 Å². The van der Waals surface area contributed by atoms with Crippen LogP contribution in [0, 0.1) is 0 Å². The smallest absolute Gasteiger partial charge is 0.0726 e. The quantitative estimate of drug-likeness (QED) is 0.119. The molecule has 2 aromatic heterocycles. The molecule has 0 unspecified atom stereocenters. The van der Waals surface area contributed by atoms with Gasteiger partial charge < -0.3 is 9.80 Å². The van der Waals surface area contributed by atoms with Crippen LogP contribution in [0.4, 0.5) is 34.1 Å². The minimum absolute atomic E-state index is 0.432. The van der Waals surface area contributed by atoms with Gasteiger partial charge in [0.15, 0.2) is 0 Å². The summed E-state index contributed by atoms with van der Waals surface area (Å²) >= 11 is 3.76. The molecule has 24 rings (SSSR count). The minimum atomic E-state index is -0.432. The molecule has 2 aliphatic rings. The van der Waals surface area contributed by atoms with Gasteiger partial charge in [-0.05, 0) is 229 Å². The van der Waals surface area contributed by atoms with E-state index in [-0.39, 0.29) is 0 Å². The lowest BCUT2D eigenvalue weighted by atomic mass is 9.70. The van der Waals surface area contributed by atoms with Crippen LogP contribution in [0.15, 0.2) is 437 Å². The molecule has 0 N–H and O–H groups in total. The average Bonchev–Trinajstić information content (AvgIpc) is 1.50. The molecule has 0 bridgehead atoms. The fourth-order valence-corrected chi connectivity index (χ4v) is 21.6. The molecule has 0 aliphatic heterocycles. The van der Waals surface area contributed by atoms with Crippen molar-refractivity contribution < 1.29 is 0 Å². The van der Waals surface area contributed by atoms with Crippen LogP contribution in [-0.2, 0) is 5.41 Å². The highest BCUT2D eigenvalue weighted by molar-refractivity contribution is 7.26. The van der Waals surface area contributed by atoms with Gasteiger partial charge in [-0.15, -0.1) is 22.7 Å². The maximum Gasteiger partial charge on any atom is 0.0726 e. The Morgan fingerprint density at radius 3 is 1.06 bits per heavy atom. The summed E-state index contributed by atoms with van der Waals surface area (Å²) in [7, 11) is 0. The Morgan fingerprint density at radius 2 is 0.521 bits per heavy atom. The monoisotopic (exact) mass is 1520 g/mol. The van der Waals surface area contributed by atoms with E-state index in [1.165, 1.54) is 189 Å². The minimum Gasteiger partial charge on any atom is -0.310 e. The van der Waals surface area contributed by atoms with E-state index in [9.17, 15) is 0 Å². The van der Waals surface area contributed by atoms with E-state index in [1.54, 1.807) is 0 Å². The van der Waals surface area contributed by atoms with E-state index in [4.69, 9.17) is 0 Å². The molecule has 0 saturated heterocycles. The molecule has 0 radical (unpaired) electrons. The maximum absolute atomic E-state index is 2.49. The molecule has 1 spiro atoms. The summed E-state index contributed by atoms with van der Waals surface area (Å²) < 4.78 is 5.31. The zero-order valence-electron chi connectivity index (χ0n) is 63.8. The van der Waals surface area contributed by atoms with Crippen molar-refractivity contribution in [3.63, 3.8) is 0 Å². The van der Waals surface area contributed by atoms with Gasteiger partial charge in [0.25, 0.3) is 0 Å². The second-order valence-corrected chi connectivity index (χ2v) is 33.0. The van der Waals surface area contributed by atoms with Crippen molar-refractivity contribution in [2.75, 3.05) is 9.80 Å². The Labute approximate surface area is 687 Å². The summed E-state index contributed by atoms with van der Waals surface area (Å²) in [6, 6.07) is 161. The zero-order valence-corrected chi connectivity index (χ0v) is 65.4. The lowest BCUT2D eigenvalue weighted by molar-refractivity contribution is 0.794. The Balaban J connectivity index is 0.000000141. The highest BCUT2D eigenvalue weighted by atomic mass is 32.1. The zero-order chi connectivity index (χ0) is 77.1. The first-order chi connectivity index (χ1) is 58.0. The largest absolute Gasteiger partial charge is 0.310 e. The third-order valence-electron chi connectivity index (χ3n) is 24.5. The van der Waals surface area contributed by atoms with Gasteiger partial charge in [-0.3, -0.25) is 0 Å². The molecule has 20 aromatic carbocycles. The van der Waals surface area contributed by atoms with E-state index in [2.05, 4.69) is 447 Å². The SMILES string of the molecule is c1ccc(-c2ccc(N(c3ccc(-c4cccc5c4sc4ccccc45)cc3)c3cccc(-c4ccc5c(ccc6ccccc65)c4)c3)cc2)cc1.c1ccc2c(c1)-c1ccccc1C21c2ccccc2-c2c(N(c3ccc(-c4ccc5c(ccc6ccccc65)c4)cc3)c3ccc(-c4cccc5c4sc4ccccc45)cc3)cccc21. The Kier molecular flexibility index (Phi) is 16.3. The van der Waals surface area contributed by atoms with Crippen molar-refractivity contribution in [2.45, 2.75) is 5.41 Å². The third-order valence-corrected chi connectivity index (χ3v) is 27.0. The number of benzene rings is 20. The number of thiophene rings is 2. The van der Waals surface area contributed by atoms with Gasteiger partial charge in [0.2, 0.25) is 0 Å². The molecule has 4 heteroatoms. The molecular weight excluding hydrogens is 1450 g/mol. The van der Waals surface area contributed by atoms with Crippen LogP contribution in [0.1, 0.15) is 22.3 Å². The van der Waals surface area contributed by atoms with E-state index in [0.717, 1.165) is 28.4 Å². The topological polar surface area (TPSA) is 6.48 Å². The van der Waals surface area contributed by atoms with Gasteiger partial charge in [-0.2, -0.15) is 0 Å². The van der Waals surface area contributed by atoms with Gasteiger partial charge in [0.05, 0.1) is 11.1 Å². The second kappa shape index (κ2) is 27.9. The van der Waals surface area contributed by atoms with E-state index in [0.29, 0.717) is 0 Å². The molecule has 117 heavy (non-hydrogen) atoms. The van der Waals surface area contributed by atoms with Crippen molar-refractivity contribution in [3.8, 4) is 77.9 Å². The van der Waals surface area contributed by atoms with Gasteiger partial charge in [-0.1, -0.05) is 346 Å². The molecule has 2 heterocycles. The summed E-state index contributed by atoms with van der Waals surface area (Å²) in [5.74, 6) is 0. The predicted molar refractivity (Wildman–Crippen MR) is 502 cm³/mol. The molecular formula is C113H72N2S2. The fraction of sp³-hybridized carbons (Fsp3) is 0.00885. The van der Waals surface area contributed by atoms with Crippen molar-refractivity contribution in [1.82, 2.24) is 0 Å². The van der Waals surface area contributed by atoms with Crippen molar-refractivity contribution in [3.05, 3.63) is 459 Å². The molecule has 2 nitrogen and oxygen atoms in total. The molecule has 0 saturated carbocycles. The van der Waals surface area contributed by atoms with Crippen LogP contribution in [-0.4, -0.2) is 0 Å². The van der Waals surface area contributed by atoms with Crippen molar-refractivity contribution in [2.24, 2.45) is 0 Å². The molecule has 22 aromatic rings. The number of nitrogens with zero attached hydrogens (tertiary/aromatic N) is 2. The first-order valence-corrected chi connectivity index (χ1v) is 41.9.